The van der Waals surface area contributed by atoms with E-state index in [1.54, 1.807) is 24.3 Å². The van der Waals surface area contributed by atoms with Crippen molar-refractivity contribution in [3.8, 4) is 0 Å². The van der Waals surface area contributed by atoms with Crippen molar-refractivity contribution in [2.75, 3.05) is 6.61 Å². The molecule has 0 radical (unpaired) electrons. The molecule has 0 saturated carbocycles. The summed E-state index contributed by atoms with van der Waals surface area (Å²) in [6.07, 6.45) is 0.684. The van der Waals surface area contributed by atoms with Crippen LogP contribution < -0.4 is 0 Å². The monoisotopic (exact) mass is 238 g/mol. The van der Waals surface area contributed by atoms with Gasteiger partial charge >= 0.3 is 5.97 Å². The van der Waals surface area contributed by atoms with Crippen molar-refractivity contribution in [3.05, 3.63) is 35.9 Å². The Morgan fingerprint density at radius 3 is 2.53 bits per heavy atom. The molecule has 1 aromatic carbocycles. The minimum Gasteiger partial charge on any atom is -0.481 e. The summed E-state index contributed by atoms with van der Waals surface area (Å²) in [5.41, 5.74) is 0.592. The normalized spacial score (nSPS) is 14.2. The summed E-state index contributed by atoms with van der Waals surface area (Å²) in [4.78, 5) is 10.6. The molecule has 1 unspecified atom stereocenters. The number of hydrogen-bond donors (Lipinski definition) is 2. The minimum atomic E-state index is -1.50. The zero-order valence-corrected chi connectivity index (χ0v) is 9.93. The second-order valence-electron chi connectivity index (χ2n) is 3.89. The van der Waals surface area contributed by atoms with Gasteiger partial charge in [0.05, 0.1) is 13.0 Å². The first-order valence-electron chi connectivity index (χ1n) is 5.72. The Hall–Kier alpha value is -1.39. The molecule has 4 heteroatoms. The molecule has 0 aromatic heterocycles. The number of aliphatic carboxylic acids is 1. The van der Waals surface area contributed by atoms with Crippen LogP contribution >= 0.6 is 0 Å². The Bertz CT molecular complexity index is 350. The van der Waals surface area contributed by atoms with Gasteiger partial charge < -0.3 is 14.9 Å². The van der Waals surface area contributed by atoms with E-state index in [1.165, 1.54) is 0 Å². The Kier molecular flexibility index (Phi) is 5.12. The van der Waals surface area contributed by atoms with E-state index in [4.69, 9.17) is 9.84 Å². The van der Waals surface area contributed by atoms with Gasteiger partial charge in [-0.05, 0) is 6.42 Å². The lowest BCUT2D eigenvalue weighted by Gasteiger charge is -2.28. The standard InChI is InChI=1S/C13H18O4/c1-2-10-17-13(16,9-8-12(14)15)11-6-4-3-5-7-11/h3-7,16H,2,8-10H2,1H3,(H,14,15). The number of rotatable bonds is 7. The Morgan fingerprint density at radius 2 is 2.00 bits per heavy atom. The highest BCUT2D eigenvalue weighted by atomic mass is 16.6. The van der Waals surface area contributed by atoms with E-state index in [-0.39, 0.29) is 12.8 Å². The Morgan fingerprint density at radius 1 is 1.35 bits per heavy atom. The second-order valence-corrected chi connectivity index (χ2v) is 3.89. The molecular formula is C13H18O4. The van der Waals surface area contributed by atoms with E-state index in [9.17, 15) is 9.90 Å². The molecule has 0 aliphatic carbocycles. The lowest BCUT2D eigenvalue weighted by atomic mass is 10.0. The summed E-state index contributed by atoms with van der Waals surface area (Å²) in [5, 5.41) is 19.1. The molecule has 0 bridgehead atoms. The number of hydrogen-bond acceptors (Lipinski definition) is 3. The molecule has 1 aromatic rings. The van der Waals surface area contributed by atoms with Gasteiger partial charge in [0.2, 0.25) is 0 Å². The summed E-state index contributed by atoms with van der Waals surface area (Å²) in [6.45, 7) is 2.33. The second kappa shape index (κ2) is 6.37. The molecule has 94 valence electrons. The molecule has 0 aliphatic rings. The van der Waals surface area contributed by atoms with Gasteiger partial charge in [0.1, 0.15) is 0 Å². The van der Waals surface area contributed by atoms with Gasteiger partial charge in [0.25, 0.3) is 0 Å². The van der Waals surface area contributed by atoms with Gasteiger partial charge in [-0.2, -0.15) is 0 Å². The molecule has 0 heterocycles. The Labute approximate surface area is 101 Å². The fraction of sp³-hybridized carbons (Fsp3) is 0.462. The number of aliphatic hydroxyl groups is 1. The van der Waals surface area contributed by atoms with Crippen LogP contribution in [0.2, 0.25) is 0 Å². The molecule has 0 fully saturated rings. The maximum Gasteiger partial charge on any atom is 0.303 e. The third-order valence-corrected chi connectivity index (χ3v) is 2.45. The maximum atomic E-state index is 10.6. The first-order chi connectivity index (χ1) is 8.08. The van der Waals surface area contributed by atoms with Crippen molar-refractivity contribution in [1.82, 2.24) is 0 Å². The number of carboxylic acids is 1. The van der Waals surface area contributed by atoms with Crippen LogP contribution in [-0.4, -0.2) is 22.8 Å². The largest absolute Gasteiger partial charge is 0.481 e. The van der Waals surface area contributed by atoms with Crippen LogP contribution in [0.3, 0.4) is 0 Å². The quantitative estimate of drug-likeness (QED) is 0.714. The third-order valence-electron chi connectivity index (χ3n) is 2.45. The van der Waals surface area contributed by atoms with Crippen LogP contribution in [0.5, 0.6) is 0 Å². The van der Waals surface area contributed by atoms with Gasteiger partial charge in [0, 0.05) is 12.0 Å². The molecule has 0 saturated heterocycles. The molecule has 0 spiro atoms. The average molecular weight is 238 g/mol. The Balaban J connectivity index is 2.81. The van der Waals surface area contributed by atoms with Crippen LogP contribution in [0.25, 0.3) is 0 Å². The fourth-order valence-corrected chi connectivity index (χ4v) is 1.55. The summed E-state index contributed by atoms with van der Waals surface area (Å²) in [5.74, 6) is -2.45. The highest BCUT2D eigenvalue weighted by Crippen LogP contribution is 2.28. The highest BCUT2D eigenvalue weighted by Gasteiger charge is 2.30. The van der Waals surface area contributed by atoms with Crippen molar-refractivity contribution < 1.29 is 19.7 Å². The van der Waals surface area contributed by atoms with E-state index in [2.05, 4.69) is 0 Å². The smallest absolute Gasteiger partial charge is 0.303 e. The van der Waals surface area contributed by atoms with Gasteiger partial charge in [-0.15, -0.1) is 0 Å². The number of benzene rings is 1. The zero-order valence-electron chi connectivity index (χ0n) is 9.93. The molecule has 17 heavy (non-hydrogen) atoms. The topological polar surface area (TPSA) is 66.8 Å². The molecule has 1 atom stereocenters. The van der Waals surface area contributed by atoms with E-state index in [1.807, 2.05) is 13.0 Å². The van der Waals surface area contributed by atoms with Gasteiger partial charge in [-0.1, -0.05) is 37.3 Å². The highest BCUT2D eigenvalue weighted by molar-refractivity contribution is 5.66. The molecule has 2 N–H and O–H groups in total. The first-order valence-corrected chi connectivity index (χ1v) is 5.72. The molecule has 0 amide bonds. The van der Waals surface area contributed by atoms with Gasteiger partial charge in [0.15, 0.2) is 5.79 Å². The summed E-state index contributed by atoms with van der Waals surface area (Å²) in [7, 11) is 0. The third kappa shape index (κ3) is 4.17. The number of ether oxygens (including phenoxy) is 1. The molecule has 1 rings (SSSR count). The predicted molar refractivity (Wildman–Crippen MR) is 63.5 cm³/mol. The molecule has 0 aliphatic heterocycles. The minimum absolute atomic E-state index is 0.0480. The van der Waals surface area contributed by atoms with E-state index in [0.717, 1.165) is 6.42 Å². The van der Waals surface area contributed by atoms with Crippen molar-refractivity contribution in [2.24, 2.45) is 0 Å². The van der Waals surface area contributed by atoms with E-state index < -0.39 is 11.8 Å². The van der Waals surface area contributed by atoms with Crippen LogP contribution in [0.15, 0.2) is 30.3 Å². The number of carboxylic acid groups (broad SMARTS) is 1. The lowest BCUT2D eigenvalue weighted by molar-refractivity contribution is -0.218. The summed E-state index contributed by atoms with van der Waals surface area (Å²) in [6, 6.07) is 8.88. The number of carbonyl (C=O) groups is 1. The van der Waals surface area contributed by atoms with Crippen molar-refractivity contribution in [2.45, 2.75) is 32.0 Å². The van der Waals surface area contributed by atoms with Gasteiger partial charge in [-0.3, -0.25) is 4.79 Å². The predicted octanol–water partition coefficient (Wildman–Crippen LogP) is 2.12. The summed E-state index contributed by atoms with van der Waals surface area (Å²) >= 11 is 0. The van der Waals surface area contributed by atoms with Crippen LogP contribution in [0, 0.1) is 0 Å². The fourth-order valence-electron chi connectivity index (χ4n) is 1.55. The lowest BCUT2D eigenvalue weighted by Crippen LogP contribution is -2.30. The van der Waals surface area contributed by atoms with Crippen molar-refractivity contribution in [3.63, 3.8) is 0 Å². The van der Waals surface area contributed by atoms with Crippen LogP contribution in [-0.2, 0) is 15.3 Å². The van der Waals surface area contributed by atoms with Crippen molar-refractivity contribution >= 4 is 5.97 Å². The SMILES string of the molecule is CCCOC(O)(CCC(=O)O)c1ccccc1. The molecular weight excluding hydrogens is 220 g/mol. The zero-order chi connectivity index (χ0) is 12.7. The van der Waals surface area contributed by atoms with E-state index >= 15 is 0 Å². The average Bonchev–Trinajstić information content (AvgIpc) is 2.35. The van der Waals surface area contributed by atoms with Crippen molar-refractivity contribution in [1.29, 1.82) is 0 Å². The first kappa shape index (κ1) is 13.7. The van der Waals surface area contributed by atoms with Gasteiger partial charge in [-0.25, -0.2) is 0 Å². The molecule has 4 nitrogen and oxygen atoms in total. The van der Waals surface area contributed by atoms with Crippen LogP contribution in [0.4, 0.5) is 0 Å². The maximum absolute atomic E-state index is 10.6. The van der Waals surface area contributed by atoms with E-state index in [0.29, 0.717) is 12.2 Å². The summed E-state index contributed by atoms with van der Waals surface area (Å²) < 4.78 is 5.41. The van der Waals surface area contributed by atoms with Crippen LogP contribution in [0.1, 0.15) is 31.7 Å².